The van der Waals surface area contributed by atoms with Crippen LogP contribution in [0.2, 0.25) is 5.02 Å². The number of aromatic nitrogens is 3. The van der Waals surface area contributed by atoms with E-state index >= 15 is 0 Å². The number of pyridine rings is 1. The van der Waals surface area contributed by atoms with Crippen molar-refractivity contribution in [2.75, 3.05) is 30.3 Å². The molecule has 1 aliphatic heterocycles. The highest BCUT2D eigenvalue weighted by Gasteiger charge is 2.40. The van der Waals surface area contributed by atoms with Gasteiger partial charge < -0.3 is 20.1 Å². The number of fused-ring (bicyclic) bond motifs is 2. The maximum Gasteiger partial charge on any atom is 0.322 e. The fourth-order valence-electron chi connectivity index (χ4n) is 6.85. The Bertz CT molecular complexity index is 2060. The van der Waals surface area contributed by atoms with Gasteiger partial charge in [0, 0.05) is 59.4 Å². The molecule has 2 unspecified atom stereocenters. The number of benzene rings is 3. The Balaban J connectivity index is 1.20. The number of aryl methyl sites for hydroxylation is 3. The minimum atomic E-state index is -0.833. The Hall–Kier alpha value is -5.02. The summed E-state index contributed by atoms with van der Waals surface area (Å²) in [4.78, 5) is 41.3. The lowest BCUT2D eigenvalue weighted by Gasteiger charge is -2.43. The zero-order chi connectivity index (χ0) is 34.8. The van der Waals surface area contributed by atoms with E-state index in [0.29, 0.717) is 41.6 Å². The van der Waals surface area contributed by atoms with Crippen molar-refractivity contribution in [2.45, 2.75) is 38.4 Å². The first-order valence-corrected chi connectivity index (χ1v) is 17.5. The van der Waals surface area contributed by atoms with Gasteiger partial charge in [0.25, 0.3) is 0 Å². The average Bonchev–Trinajstić information content (AvgIpc) is 3.45. The van der Waals surface area contributed by atoms with Crippen LogP contribution in [-0.2, 0) is 24.2 Å². The third-order valence-electron chi connectivity index (χ3n) is 9.22. The number of halogens is 2. The highest BCUT2D eigenvalue weighted by atomic mass is 79.9. The Kier molecular flexibility index (Phi) is 9.68. The molecule has 0 bridgehead atoms. The van der Waals surface area contributed by atoms with Gasteiger partial charge in [-0.2, -0.15) is 5.26 Å². The van der Waals surface area contributed by atoms with Crippen molar-refractivity contribution >= 4 is 50.8 Å². The van der Waals surface area contributed by atoms with Gasteiger partial charge in [-0.05, 0) is 113 Å². The molecule has 1 saturated heterocycles. The van der Waals surface area contributed by atoms with Crippen molar-refractivity contribution in [3.63, 3.8) is 0 Å². The summed E-state index contributed by atoms with van der Waals surface area (Å²) in [6.45, 7) is 3.62. The quantitative estimate of drug-likeness (QED) is 0.194. The van der Waals surface area contributed by atoms with Crippen molar-refractivity contribution in [2.24, 2.45) is 0 Å². The monoisotopic (exact) mass is 748 g/mol. The predicted molar refractivity (Wildman–Crippen MR) is 196 cm³/mol. The number of hydrogen-bond acceptors (Lipinski definition) is 6. The van der Waals surface area contributed by atoms with Crippen LogP contribution in [0.15, 0.2) is 96.0 Å². The highest BCUT2D eigenvalue weighted by Crippen LogP contribution is 2.38. The molecule has 2 aliphatic rings. The Morgan fingerprint density at radius 2 is 1.80 bits per heavy atom. The Labute approximate surface area is 303 Å². The van der Waals surface area contributed by atoms with Gasteiger partial charge in [-0.3, -0.25) is 14.7 Å². The van der Waals surface area contributed by atoms with E-state index in [1.807, 2.05) is 60.3 Å². The number of rotatable bonds is 6. The molecule has 2 aromatic heterocycles. The smallest absolute Gasteiger partial charge is 0.322 e. The number of amides is 3. The average molecular weight is 750 g/mol. The number of nitrogens with zero attached hydrogens (tertiary/aromatic N) is 6. The second kappa shape index (κ2) is 14.5. The molecule has 10 nitrogen and oxygen atoms in total. The van der Waals surface area contributed by atoms with Crippen LogP contribution < -0.4 is 10.6 Å². The highest BCUT2D eigenvalue weighted by molar-refractivity contribution is 9.10. The molecule has 0 spiro atoms. The molecule has 2 atom stereocenters. The van der Waals surface area contributed by atoms with Crippen LogP contribution in [0.1, 0.15) is 45.2 Å². The fraction of sp³-hybridized carbons (Fsp3) is 0.237. The van der Waals surface area contributed by atoms with Crippen LogP contribution in [0.3, 0.4) is 0 Å². The molecule has 2 N–H and O–H groups in total. The second-order valence-electron chi connectivity index (χ2n) is 12.6. The Morgan fingerprint density at radius 3 is 2.58 bits per heavy atom. The normalized spacial score (nSPS) is 17.2. The topological polar surface area (TPSA) is 119 Å². The summed E-state index contributed by atoms with van der Waals surface area (Å²) in [6, 6.07) is 23.1. The third-order valence-corrected chi connectivity index (χ3v) is 9.89. The lowest BCUT2D eigenvalue weighted by atomic mass is 9.95. The minimum Gasteiger partial charge on any atom is -0.333 e. The van der Waals surface area contributed by atoms with Gasteiger partial charge in [0.2, 0.25) is 5.91 Å². The molecule has 3 heterocycles. The van der Waals surface area contributed by atoms with Crippen molar-refractivity contribution in [3.8, 4) is 6.07 Å². The summed E-state index contributed by atoms with van der Waals surface area (Å²) >= 11 is 10.1. The summed E-state index contributed by atoms with van der Waals surface area (Å²) in [5.41, 5.74) is 7.91. The third kappa shape index (κ3) is 7.28. The van der Waals surface area contributed by atoms with Crippen LogP contribution >= 0.6 is 27.5 Å². The van der Waals surface area contributed by atoms with Gasteiger partial charge >= 0.3 is 6.03 Å². The first kappa shape index (κ1) is 33.5. The molecule has 0 radical (unpaired) electrons. The van der Waals surface area contributed by atoms with E-state index < -0.39 is 12.1 Å². The molecule has 3 aromatic carbocycles. The van der Waals surface area contributed by atoms with Crippen molar-refractivity contribution in [1.29, 1.82) is 5.26 Å². The fourth-order valence-corrected chi connectivity index (χ4v) is 7.43. The van der Waals surface area contributed by atoms with Crippen LogP contribution in [-0.4, -0.2) is 61.9 Å². The standard InChI is InChI=1S/C38H34BrClN8O2/c1-24-20-46(23-43-24)21-26-3-2-4-32(15-26)44-37(49)34-22-47(13-14-48(34)38(50)45-31-10-5-25(18-41)6-11-31)36-33-12-9-30(40)17-27(33)7-8-28-16-29(39)19-42-35(28)36/h2-6,9-12,15-17,19-20,23,34,36H,7-8,13-14,21-22H2,1H3,(H,44,49)(H,45,50). The van der Waals surface area contributed by atoms with Gasteiger partial charge in [0.15, 0.2) is 0 Å². The first-order valence-electron chi connectivity index (χ1n) is 16.4. The molecule has 1 aliphatic carbocycles. The molecule has 7 rings (SSSR count). The first-order chi connectivity index (χ1) is 24.2. The summed E-state index contributed by atoms with van der Waals surface area (Å²) in [5, 5.41) is 15.9. The lowest BCUT2D eigenvalue weighted by Crippen LogP contribution is -2.61. The molecule has 1 fully saturated rings. The molecule has 12 heteroatoms. The number of nitriles is 1. The van der Waals surface area contributed by atoms with Crippen molar-refractivity contribution in [1.82, 2.24) is 24.3 Å². The molecular formula is C38H34BrClN8O2. The molecule has 5 aromatic rings. The number of carbonyl (C=O) groups excluding carboxylic acids is 2. The second-order valence-corrected chi connectivity index (χ2v) is 14.0. The number of carbonyl (C=O) groups is 2. The molecule has 3 amide bonds. The number of imidazole rings is 1. The zero-order valence-corrected chi connectivity index (χ0v) is 29.7. The molecular weight excluding hydrogens is 716 g/mol. The SMILES string of the molecule is Cc1cn(Cc2cccc(NC(=O)C3CN(C4c5ccc(Cl)cc5CCc5cc(Br)cnc54)CCN3C(=O)Nc3ccc(C#N)cc3)c2)cn1. The maximum atomic E-state index is 14.3. The molecule has 252 valence electrons. The van der Waals surface area contributed by atoms with Crippen LogP contribution in [0.4, 0.5) is 16.2 Å². The van der Waals surface area contributed by atoms with E-state index in [9.17, 15) is 14.9 Å². The van der Waals surface area contributed by atoms with Gasteiger partial charge in [-0.15, -0.1) is 0 Å². The molecule has 0 saturated carbocycles. The number of anilines is 2. The van der Waals surface area contributed by atoms with Gasteiger partial charge in [0.1, 0.15) is 6.04 Å². The van der Waals surface area contributed by atoms with Crippen molar-refractivity contribution < 1.29 is 9.59 Å². The van der Waals surface area contributed by atoms with Gasteiger partial charge in [-0.25, -0.2) is 9.78 Å². The van der Waals surface area contributed by atoms with Crippen molar-refractivity contribution in [3.05, 3.63) is 140 Å². The molecule has 50 heavy (non-hydrogen) atoms. The van der Waals surface area contributed by atoms with E-state index in [1.54, 1.807) is 35.5 Å². The van der Waals surface area contributed by atoms with E-state index in [2.05, 4.69) is 54.6 Å². The van der Waals surface area contributed by atoms with Crippen LogP contribution in [0.25, 0.3) is 0 Å². The van der Waals surface area contributed by atoms with E-state index in [-0.39, 0.29) is 18.5 Å². The summed E-state index contributed by atoms with van der Waals surface area (Å²) in [7, 11) is 0. The summed E-state index contributed by atoms with van der Waals surface area (Å²) < 4.78 is 2.90. The zero-order valence-electron chi connectivity index (χ0n) is 27.3. The summed E-state index contributed by atoms with van der Waals surface area (Å²) in [6.07, 6.45) is 7.18. The van der Waals surface area contributed by atoms with Gasteiger partial charge in [-0.1, -0.05) is 29.8 Å². The maximum absolute atomic E-state index is 14.3. The Morgan fingerprint density at radius 1 is 0.980 bits per heavy atom. The van der Waals surface area contributed by atoms with Crippen LogP contribution in [0.5, 0.6) is 0 Å². The van der Waals surface area contributed by atoms with E-state index in [0.717, 1.165) is 51.0 Å². The summed E-state index contributed by atoms with van der Waals surface area (Å²) in [5.74, 6) is -0.297. The predicted octanol–water partition coefficient (Wildman–Crippen LogP) is 6.97. The minimum absolute atomic E-state index is 0.242. The lowest BCUT2D eigenvalue weighted by molar-refractivity contribution is -0.122. The van der Waals surface area contributed by atoms with Gasteiger partial charge in [0.05, 0.1) is 35.4 Å². The number of urea groups is 1. The number of hydrogen-bond donors (Lipinski definition) is 2. The van der Waals surface area contributed by atoms with Crippen LogP contribution in [0, 0.1) is 18.3 Å². The number of piperazine rings is 1. The van der Waals surface area contributed by atoms with E-state index in [4.69, 9.17) is 16.6 Å². The van der Waals surface area contributed by atoms with E-state index in [1.165, 1.54) is 0 Å². The number of nitrogens with one attached hydrogen (secondary N) is 2. The largest absolute Gasteiger partial charge is 0.333 e.